The average Bonchev–Trinajstić information content (AvgIpc) is 3.24. The maximum absolute atomic E-state index is 12.0. The molecule has 1 aromatic carbocycles. The van der Waals surface area contributed by atoms with Crippen LogP contribution < -0.4 is 15.7 Å². The van der Waals surface area contributed by atoms with E-state index >= 15 is 0 Å². The summed E-state index contributed by atoms with van der Waals surface area (Å²) in [5.41, 5.74) is 3.60. The van der Waals surface area contributed by atoms with Crippen molar-refractivity contribution in [1.29, 1.82) is 0 Å². The molecule has 2 heterocycles. The number of carbonyl (C=O) groups excluding carboxylic acids is 1. The van der Waals surface area contributed by atoms with E-state index < -0.39 is 0 Å². The normalized spacial score (nSPS) is 13.0. The van der Waals surface area contributed by atoms with Gasteiger partial charge in [0, 0.05) is 17.0 Å². The fourth-order valence-electron chi connectivity index (χ4n) is 2.89. The lowest BCUT2D eigenvalue weighted by Crippen LogP contribution is -2.20. The minimum absolute atomic E-state index is 0.166. The first-order chi connectivity index (χ1) is 11.7. The van der Waals surface area contributed by atoms with Gasteiger partial charge in [-0.3, -0.25) is 10.1 Å². The van der Waals surface area contributed by atoms with Crippen LogP contribution in [0.25, 0.3) is 11.0 Å². The van der Waals surface area contributed by atoms with E-state index in [4.69, 9.17) is 9.15 Å². The van der Waals surface area contributed by atoms with Gasteiger partial charge >= 0.3 is 5.63 Å². The van der Waals surface area contributed by atoms with Crippen LogP contribution in [0.3, 0.4) is 0 Å². The largest absolute Gasteiger partial charge is 0.484 e. The number of nitrogens with one attached hydrogen (secondary N) is 1. The standard InChI is InChI=1S/C16H13N3O4S/c20-14(18-16-19-17-8-24-16)7-22-9-4-5-11-10-2-1-3-12(10)15(21)23-13(11)6-9/h4-6,8H,1-3,7H2,(H,18,19,20). The van der Waals surface area contributed by atoms with E-state index in [-0.39, 0.29) is 18.1 Å². The van der Waals surface area contributed by atoms with Gasteiger partial charge in [0.2, 0.25) is 5.13 Å². The monoisotopic (exact) mass is 343 g/mol. The van der Waals surface area contributed by atoms with Crippen LogP contribution in [0, 0.1) is 0 Å². The Kier molecular flexibility index (Phi) is 3.73. The van der Waals surface area contributed by atoms with Crippen LogP contribution in [0.4, 0.5) is 5.13 Å². The number of hydrogen-bond acceptors (Lipinski definition) is 7. The zero-order chi connectivity index (χ0) is 16.5. The number of anilines is 1. The lowest BCUT2D eigenvalue weighted by molar-refractivity contribution is -0.118. The molecule has 1 aliphatic carbocycles. The lowest BCUT2D eigenvalue weighted by Gasteiger charge is -2.08. The molecule has 0 aliphatic heterocycles. The maximum atomic E-state index is 12.0. The van der Waals surface area contributed by atoms with Crippen molar-refractivity contribution in [3.63, 3.8) is 0 Å². The number of hydrogen-bond donors (Lipinski definition) is 1. The number of nitrogens with zero attached hydrogens (tertiary/aromatic N) is 2. The van der Waals surface area contributed by atoms with Gasteiger partial charge in [0.1, 0.15) is 16.8 Å². The van der Waals surface area contributed by atoms with Crippen molar-refractivity contribution >= 4 is 33.3 Å². The molecule has 2 aromatic heterocycles. The van der Waals surface area contributed by atoms with Crippen molar-refractivity contribution in [2.24, 2.45) is 0 Å². The third-order valence-corrected chi connectivity index (χ3v) is 4.53. The summed E-state index contributed by atoms with van der Waals surface area (Å²) in [6.07, 6.45) is 2.64. The summed E-state index contributed by atoms with van der Waals surface area (Å²) in [6, 6.07) is 5.30. The van der Waals surface area contributed by atoms with Crippen LogP contribution in [0.1, 0.15) is 17.5 Å². The molecule has 24 heavy (non-hydrogen) atoms. The van der Waals surface area contributed by atoms with Crippen molar-refractivity contribution in [2.75, 3.05) is 11.9 Å². The Morgan fingerprint density at radius 1 is 1.33 bits per heavy atom. The number of amides is 1. The zero-order valence-corrected chi connectivity index (χ0v) is 13.4. The van der Waals surface area contributed by atoms with Gasteiger partial charge in [-0.2, -0.15) is 0 Å². The molecule has 0 bridgehead atoms. The molecule has 7 nitrogen and oxygen atoms in total. The Labute approximate surface area is 140 Å². The van der Waals surface area contributed by atoms with Gasteiger partial charge in [-0.05, 0) is 37.0 Å². The van der Waals surface area contributed by atoms with Gasteiger partial charge in [0.15, 0.2) is 6.61 Å². The Balaban J connectivity index is 1.52. The van der Waals surface area contributed by atoms with Crippen LogP contribution in [0.15, 0.2) is 32.9 Å². The van der Waals surface area contributed by atoms with E-state index in [1.165, 1.54) is 16.8 Å². The molecule has 0 saturated heterocycles. The Morgan fingerprint density at radius 3 is 3.04 bits per heavy atom. The SMILES string of the molecule is O=C(COc1ccc2c3c(c(=O)oc2c1)CCC3)Nc1nncs1. The molecular weight excluding hydrogens is 330 g/mol. The second-order valence-corrected chi connectivity index (χ2v) is 6.27. The smallest absolute Gasteiger partial charge is 0.339 e. The molecule has 3 aromatic rings. The van der Waals surface area contributed by atoms with E-state index in [1.54, 1.807) is 12.1 Å². The third-order valence-electron chi connectivity index (χ3n) is 3.92. The molecule has 0 saturated carbocycles. The van der Waals surface area contributed by atoms with Crippen LogP contribution in [-0.4, -0.2) is 22.7 Å². The molecule has 1 amide bonds. The number of rotatable bonds is 4. The predicted octanol–water partition coefficient (Wildman–Crippen LogP) is 2.15. The molecule has 0 radical (unpaired) electrons. The Hall–Kier alpha value is -2.74. The van der Waals surface area contributed by atoms with Crippen molar-refractivity contribution in [3.8, 4) is 5.75 Å². The number of aromatic nitrogens is 2. The number of carbonyl (C=O) groups is 1. The van der Waals surface area contributed by atoms with Gasteiger partial charge in [-0.1, -0.05) is 11.3 Å². The van der Waals surface area contributed by atoms with Gasteiger partial charge < -0.3 is 9.15 Å². The average molecular weight is 343 g/mol. The summed E-state index contributed by atoms with van der Waals surface area (Å²) in [5.74, 6) is 0.137. The maximum Gasteiger partial charge on any atom is 0.339 e. The zero-order valence-electron chi connectivity index (χ0n) is 12.6. The summed E-state index contributed by atoms with van der Waals surface area (Å²) in [7, 11) is 0. The molecular formula is C16H13N3O4S. The highest BCUT2D eigenvalue weighted by Gasteiger charge is 2.19. The third kappa shape index (κ3) is 2.76. The van der Waals surface area contributed by atoms with Crippen LogP contribution in [0.2, 0.25) is 0 Å². The fourth-order valence-corrected chi connectivity index (χ4v) is 3.35. The molecule has 4 rings (SSSR count). The van der Waals surface area contributed by atoms with Crippen molar-refractivity contribution < 1.29 is 13.9 Å². The highest BCUT2D eigenvalue weighted by Crippen LogP contribution is 2.29. The molecule has 0 fully saturated rings. The number of ether oxygens (including phenoxy) is 1. The summed E-state index contributed by atoms with van der Waals surface area (Å²) in [6.45, 7) is -0.166. The van der Waals surface area contributed by atoms with Crippen molar-refractivity contribution in [3.05, 3.63) is 45.3 Å². The highest BCUT2D eigenvalue weighted by molar-refractivity contribution is 7.13. The molecule has 122 valence electrons. The van der Waals surface area contributed by atoms with Gasteiger partial charge in [-0.25, -0.2) is 4.79 Å². The molecule has 1 N–H and O–H groups in total. The predicted molar refractivity (Wildman–Crippen MR) is 88.5 cm³/mol. The van der Waals surface area contributed by atoms with Gasteiger partial charge in [0.05, 0.1) is 0 Å². The summed E-state index contributed by atoms with van der Waals surface area (Å²) in [5, 5.41) is 11.3. The lowest BCUT2D eigenvalue weighted by atomic mass is 10.1. The Morgan fingerprint density at radius 2 is 2.21 bits per heavy atom. The summed E-state index contributed by atoms with van der Waals surface area (Å²) < 4.78 is 10.9. The first kappa shape index (κ1) is 14.8. The van der Waals surface area contributed by atoms with E-state index in [2.05, 4.69) is 15.5 Å². The first-order valence-corrected chi connectivity index (χ1v) is 8.36. The first-order valence-electron chi connectivity index (χ1n) is 7.48. The minimum Gasteiger partial charge on any atom is -0.484 e. The van der Waals surface area contributed by atoms with Crippen molar-refractivity contribution in [1.82, 2.24) is 10.2 Å². The second-order valence-electron chi connectivity index (χ2n) is 5.44. The number of fused-ring (bicyclic) bond motifs is 3. The second kappa shape index (κ2) is 6.04. The van der Waals surface area contributed by atoms with Crippen LogP contribution in [-0.2, 0) is 17.6 Å². The number of benzene rings is 1. The molecule has 0 unspecified atom stereocenters. The summed E-state index contributed by atoms with van der Waals surface area (Å²) in [4.78, 5) is 23.8. The highest BCUT2D eigenvalue weighted by atomic mass is 32.1. The van der Waals surface area contributed by atoms with Crippen molar-refractivity contribution in [2.45, 2.75) is 19.3 Å². The number of aryl methyl sites for hydroxylation is 1. The van der Waals surface area contributed by atoms with Gasteiger partial charge in [-0.15, -0.1) is 10.2 Å². The molecule has 0 atom stereocenters. The fraction of sp³-hybridized carbons (Fsp3) is 0.250. The van der Waals surface area contributed by atoms with E-state index in [0.29, 0.717) is 16.5 Å². The van der Waals surface area contributed by atoms with E-state index in [0.717, 1.165) is 35.8 Å². The van der Waals surface area contributed by atoms with Gasteiger partial charge in [0.25, 0.3) is 5.91 Å². The quantitative estimate of drug-likeness (QED) is 0.730. The Bertz CT molecular complexity index is 965. The molecule has 0 spiro atoms. The van der Waals surface area contributed by atoms with Crippen LogP contribution >= 0.6 is 11.3 Å². The summed E-state index contributed by atoms with van der Waals surface area (Å²) >= 11 is 1.23. The van der Waals surface area contributed by atoms with Crippen LogP contribution in [0.5, 0.6) is 5.75 Å². The minimum atomic E-state index is -0.331. The molecule has 1 aliphatic rings. The molecule has 8 heteroatoms. The van der Waals surface area contributed by atoms with E-state index in [1.807, 2.05) is 6.07 Å². The topological polar surface area (TPSA) is 94.3 Å². The van der Waals surface area contributed by atoms with E-state index in [9.17, 15) is 9.59 Å².